The number of nitrogens with one attached hydrogen (secondary N) is 2. The van der Waals surface area contributed by atoms with Gasteiger partial charge in [-0.1, -0.05) is 17.7 Å². The number of likely N-dealkylation sites (tertiary alicyclic amines) is 1. The summed E-state index contributed by atoms with van der Waals surface area (Å²) in [6.07, 6.45) is 0.601. The first-order chi connectivity index (χ1) is 10.9. The summed E-state index contributed by atoms with van der Waals surface area (Å²) in [5, 5.41) is 11.9. The van der Waals surface area contributed by atoms with E-state index in [0.717, 1.165) is 12.1 Å². The summed E-state index contributed by atoms with van der Waals surface area (Å²) in [5.74, 6) is -1.07. The Labute approximate surface area is 136 Å². The average Bonchev–Trinajstić information content (AvgIpc) is 2.54. The summed E-state index contributed by atoms with van der Waals surface area (Å²) in [7, 11) is 0. The number of carbonyl (C=O) groups excluding carboxylic acids is 2. The number of hydrogen-bond acceptors (Lipinski definition) is 4. The van der Waals surface area contributed by atoms with Gasteiger partial charge in [0.2, 0.25) is 5.91 Å². The minimum Gasteiger partial charge on any atom is -0.347 e. The molecule has 1 saturated heterocycles. The van der Waals surface area contributed by atoms with Crippen LogP contribution < -0.4 is 10.8 Å². The van der Waals surface area contributed by atoms with Gasteiger partial charge in [0.25, 0.3) is 5.91 Å². The third-order valence-corrected chi connectivity index (χ3v) is 4.45. The molecule has 1 aromatic carbocycles. The molecule has 23 heavy (non-hydrogen) atoms. The lowest BCUT2D eigenvalue weighted by atomic mass is 9.90. The lowest BCUT2D eigenvalue weighted by Crippen LogP contribution is -2.57. The number of hydrogen-bond donors (Lipinski definition) is 3. The topological polar surface area (TPSA) is 81.7 Å². The van der Waals surface area contributed by atoms with Gasteiger partial charge in [0.1, 0.15) is 0 Å². The highest BCUT2D eigenvalue weighted by Crippen LogP contribution is 2.20. The highest BCUT2D eigenvalue weighted by Gasteiger charge is 2.35. The van der Waals surface area contributed by atoms with E-state index in [9.17, 15) is 9.59 Å². The van der Waals surface area contributed by atoms with Crippen molar-refractivity contribution in [1.82, 2.24) is 15.7 Å². The van der Waals surface area contributed by atoms with Crippen molar-refractivity contribution < 1.29 is 14.8 Å². The predicted molar refractivity (Wildman–Crippen MR) is 87.2 cm³/mol. The van der Waals surface area contributed by atoms with Crippen molar-refractivity contribution in [3.05, 3.63) is 35.4 Å². The predicted octanol–water partition coefficient (Wildman–Crippen LogP) is 1.33. The molecule has 3 N–H and O–H groups in total. The van der Waals surface area contributed by atoms with Gasteiger partial charge in [-0.05, 0) is 45.9 Å². The standard InChI is InChI=1S/C17H25N3O3/c1-11(2)20-9-8-14(17(22)19-23)15(10-20)18-16(21)13-6-4-12(3)5-7-13/h4-7,11,14-15,23H,8-10H2,1-3H3,(H,18,21)(H,19,22)/t14-,15+/m0/s1. The second kappa shape index (κ2) is 7.57. The van der Waals surface area contributed by atoms with Gasteiger partial charge in [-0.2, -0.15) is 0 Å². The van der Waals surface area contributed by atoms with Gasteiger partial charge in [-0.25, -0.2) is 5.48 Å². The Bertz CT molecular complexity index is 557. The highest BCUT2D eigenvalue weighted by molar-refractivity contribution is 5.94. The lowest BCUT2D eigenvalue weighted by Gasteiger charge is -2.39. The molecule has 0 spiro atoms. The van der Waals surface area contributed by atoms with Crippen LogP contribution in [-0.4, -0.2) is 47.1 Å². The smallest absolute Gasteiger partial charge is 0.251 e. The van der Waals surface area contributed by atoms with Crippen LogP contribution in [-0.2, 0) is 4.79 Å². The third kappa shape index (κ3) is 4.30. The van der Waals surface area contributed by atoms with Gasteiger partial charge in [0.05, 0.1) is 12.0 Å². The molecule has 2 atom stereocenters. The molecule has 6 nitrogen and oxygen atoms in total. The van der Waals surface area contributed by atoms with Crippen LogP contribution in [0.4, 0.5) is 0 Å². The Morgan fingerprint density at radius 2 is 1.91 bits per heavy atom. The first kappa shape index (κ1) is 17.4. The van der Waals surface area contributed by atoms with Crippen molar-refractivity contribution in [3.63, 3.8) is 0 Å². The van der Waals surface area contributed by atoms with E-state index in [-0.39, 0.29) is 11.9 Å². The summed E-state index contributed by atoms with van der Waals surface area (Å²) in [5.41, 5.74) is 3.38. The summed E-state index contributed by atoms with van der Waals surface area (Å²) in [6.45, 7) is 7.50. The molecule has 0 bridgehead atoms. The van der Waals surface area contributed by atoms with Crippen LogP contribution in [0.2, 0.25) is 0 Å². The fourth-order valence-electron chi connectivity index (χ4n) is 2.95. The molecule has 1 aliphatic rings. The summed E-state index contributed by atoms with van der Waals surface area (Å²) >= 11 is 0. The molecule has 0 aliphatic carbocycles. The molecule has 6 heteroatoms. The minimum atomic E-state index is -0.442. The van der Waals surface area contributed by atoms with E-state index in [1.165, 1.54) is 0 Å². The van der Waals surface area contributed by atoms with Crippen molar-refractivity contribution in [2.75, 3.05) is 13.1 Å². The van der Waals surface area contributed by atoms with Gasteiger partial charge in [0.15, 0.2) is 0 Å². The maximum Gasteiger partial charge on any atom is 0.251 e. The molecule has 1 aromatic rings. The largest absolute Gasteiger partial charge is 0.347 e. The number of hydroxylamine groups is 1. The Morgan fingerprint density at radius 3 is 2.48 bits per heavy atom. The summed E-state index contributed by atoms with van der Waals surface area (Å²) in [6, 6.07) is 7.32. The SMILES string of the molecule is Cc1ccc(C(=O)N[C@@H]2CN(C(C)C)CC[C@@H]2C(=O)NO)cc1. The fourth-order valence-corrected chi connectivity index (χ4v) is 2.95. The van der Waals surface area contributed by atoms with Crippen LogP contribution in [0.25, 0.3) is 0 Å². The lowest BCUT2D eigenvalue weighted by molar-refractivity contribution is -0.136. The Kier molecular flexibility index (Phi) is 5.74. The number of amides is 2. The molecule has 2 rings (SSSR count). The Balaban J connectivity index is 2.12. The molecular formula is C17H25N3O3. The summed E-state index contributed by atoms with van der Waals surface area (Å²) < 4.78 is 0. The van der Waals surface area contributed by atoms with Crippen LogP contribution >= 0.6 is 0 Å². The van der Waals surface area contributed by atoms with Crippen molar-refractivity contribution >= 4 is 11.8 Å². The Morgan fingerprint density at radius 1 is 1.26 bits per heavy atom. The van der Waals surface area contributed by atoms with Crippen molar-refractivity contribution in [2.45, 2.75) is 39.3 Å². The highest BCUT2D eigenvalue weighted by atomic mass is 16.5. The number of benzene rings is 1. The average molecular weight is 319 g/mol. The monoisotopic (exact) mass is 319 g/mol. The normalized spacial score (nSPS) is 22.0. The molecule has 2 amide bonds. The number of rotatable bonds is 4. The van der Waals surface area contributed by atoms with E-state index in [1.807, 2.05) is 19.1 Å². The zero-order valence-corrected chi connectivity index (χ0v) is 13.9. The molecule has 1 heterocycles. The van der Waals surface area contributed by atoms with Crippen LogP contribution in [0.5, 0.6) is 0 Å². The molecule has 0 saturated carbocycles. The maximum absolute atomic E-state index is 12.4. The second-order valence-corrected chi connectivity index (χ2v) is 6.41. The molecule has 0 aromatic heterocycles. The molecule has 1 fully saturated rings. The molecule has 0 unspecified atom stereocenters. The number of nitrogens with zero attached hydrogens (tertiary/aromatic N) is 1. The van der Waals surface area contributed by atoms with Crippen LogP contribution in [0.3, 0.4) is 0 Å². The van der Waals surface area contributed by atoms with Crippen LogP contribution in [0.15, 0.2) is 24.3 Å². The number of aryl methyl sites for hydroxylation is 1. The molecule has 126 valence electrons. The first-order valence-electron chi connectivity index (χ1n) is 7.98. The zero-order valence-electron chi connectivity index (χ0n) is 13.9. The van der Waals surface area contributed by atoms with E-state index in [2.05, 4.69) is 24.1 Å². The van der Waals surface area contributed by atoms with E-state index in [0.29, 0.717) is 24.6 Å². The van der Waals surface area contributed by atoms with Crippen molar-refractivity contribution in [1.29, 1.82) is 0 Å². The van der Waals surface area contributed by atoms with Gasteiger partial charge >= 0.3 is 0 Å². The molecule has 0 radical (unpaired) electrons. The maximum atomic E-state index is 12.4. The fraction of sp³-hybridized carbons (Fsp3) is 0.529. The van der Waals surface area contributed by atoms with Gasteiger partial charge in [-0.3, -0.25) is 19.7 Å². The minimum absolute atomic E-state index is 0.198. The van der Waals surface area contributed by atoms with Gasteiger partial charge in [-0.15, -0.1) is 0 Å². The van der Waals surface area contributed by atoms with E-state index in [1.54, 1.807) is 17.6 Å². The van der Waals surface area contributed by atoms with E-state index in [4.69, 9.17) is 5.21 Å². The van der Waals surface area contributed by atoms with Crippen molar-refractivity contribution in [2.24, 2.45) is 5.92 Å². The molecular weight excluding hydrogens is 294 g/mol. The summed E-state index contributed by atoms with van der Waals surface area (Å²) in [4.78, 5) is 26.5. The van der Waals surface area contributed by atoms with Crippen LogP contribution in [0, 0.1) is 12.8 Å². The zero-order chi connectivity index (χ0) is 17.0. The van der Waals surface area contributed by atoms with E-state index >= 15 is 0 Å². The van der Waals surface area contributed by atoms with E-state index < -0.39 is 11.8 Å². The quantitative estimate of drug-likeness (QED) is 0.578. The Hall–Kier alpha value is -1.92. The first-order valence-corrected chi connectivity index (χ1v) is 7.98. The van der Waals surface area contributed by atoms with Crippen molar-refractivity contribution in [3.8, 4) is 0 Å². The number of piperidine rings is 1. The third-order valence-electron chi connectivity index (χ3n) is 4.45. The van der Waals surface area contributed by atoms with Gasteiger partial charge < -0.3 is 5.32 Å². The van der Waals surface area contributed by atoms with Gasteiger partial charge in [0, 0.05) is 18.2 Å². The second-order valence-electron chi connectivity index (χ2n) is 6.41. The van der Waals surface area contributed by atoms with Crippen LogP contribution in [0.1, 0.15) is 36.2 Å². The molecule has 1 aliphatic heterocycles. The number of carbonyl (C=O) groups is 2.